The first-order valence-corrected chi connectivity index (χ1v) is 7.45. The highest BCUT2D eigenvalue weighted by molar-refractivity contribution is 14.0. The molecule has 0 spiro atoms. The van der Waals surface area contributed by atoms with Gasteiger partial charge in [0.15, 0.2) is 5.96 Å². The minimum atomic E-state index is -1.14. The number of nitrogens with one attached hydrogen (secondary N) is 2. The van der Waals surface area contributed by atoms with Crippen LogP contribution >= 0.6 is 24.0 Å². The quantitative estimate of drug-likeness (QED) is 0.220. The van der Waals surface area contributed by atoms with Gasteiger partial charge in [-0.3, -0.25) is 0 Å². The van der Waals surface area contributed by atoms with E-state index in [0.717, 1.165) is 6.54 Å². The fourth-order valence-corrected chi connectivity index (χ4v) is 1.72. The Balaban J connectivity index is 0.00000484. The fourth-order valence-electron chi connectivity index (χ4n) is 1.72. The van der Waals surface area contributed by atoms with Gasteiger partial charge in [-0.2, -0.15) is 0 Å². The summed E-state index contributed by atoms with van der Waals surface area (Å²) < 4.78 is 15.5. The van der Waals surface area contributed by atoms with Gasteiger partial charge in [-0.1, -0.05) is 0 Å². The maximum absolute atomic E-state index is 10.4. The van der Waals surface area contributed by atoms with Crippen LogP contribution in [0.5, 0.6) is 0 Å². The molecule has 0 bridgehead atoms. The van der Waals surface area contributed by atoms with Gasteiger partial charge in [-0.15, -0.1) is 24.0 Å². The smallest absolute Gasteiger partial charge is 0.191 e. The van der Waals surface area contributed by atoms with Gasteiger partial charge in [0.25, 0.3) is 0 Å². The second-order valence-corrected chi connectivity index (χ2v) is 4.98. The van der Waals surface area contributed by atoms with E-state index >= 15 is 0 Å². The number of hydrogen-bond donors (Lipinski definition) is 3. The molecule has 3 N–H and O–H groups in total. The molecule has 134 valence electrons. The highest BCUT2D eigenvalue weighted by atomic mass is 127. The first-order valence-electron chi connectivity index (χ1n) is 7.45. The minimum Gasteiger partial charge on any atom is -0.466 e. The van der Waals surface area contributed by atoms with E-state index in [1.54, 1.807) is 26.2 Å². The number of ether oxygens (including phenoxy) is 2. The number of aliphatic imine (C=N–C) groups is 1. The van der Waals surface area contributed by atoms with Crippen molar-refractivity contribution >= 4 is 29.9 Å². The van der Waals surface area contributed by atoms with Gasteiger partial charge >= 0.3 is 0 Å². The summed E-state index contributed by atoms with van der Waals surface area (Å²) in [6.45, 7) is 6.92. The van der Waals surface area contributed by atoms with Crippen LogP contribution in [0, 0.1) is 0 Å². The Morgan fingerprint density at radius 1 is 1.35 bits per heavy atom. The normalized spacial score (nSPS) is 14.0. The van der Waals surface area contributed by atoms with Crippen molar-refractivity contribution in [3.05, 3.63) is 24.2 Å². The number of methoxy groups -OCH3 is 1. The molecule has 1 rings (SSSR count). The van der Waals surface area contributed by atoms with E-state index in [0.29, 0.717) is 38.1 Å². The summed E-state index contributed by atoms with van der Waals surface area (Å²) in [5.74, 6) is 1.12. The van der Waals surface area contributed by atoms with Crippen LogP contribution in [0.3, 0.4) is 0 Å². The predicted octanol–water partition coefficient (Wildman–Crippen LogP) is 1.32. The van der Waals surface area contributed by atoms with Crippen LogP contribution in [-0.4, -0.2) is 57.6 Å². The standard InChI is InChI=1S/C15H27N3O4.HI/c1-4-16-14(17-7-9-21-11-10-20-3)18-12-15(2,19)13-6-5-8-22-13;/h5-6,8,19H,4,7,9-12H2,1-3H3,(H2,16,17,18);1H. The highest BCUT2D eigenvalue weighted by Gasteiger charge is 2.25. The molecule has 1 unspecified atom stereocenters. The maximum atomic E-state index is 10.4. The van der Waals surface area contributed by atoms with Crippen LogP contribution in [0.1, 0.15) is 19.6 Å². The van der Waals surface area contributed by atoms with Gasteiger partial charge in [0.1, 0.15) is 11.4 Å². The van der Waals surface area contributed by atoms with E-state index < -0.39 is 5.60 Å². The lowest BCUT2D eigenvalue weighted by Crippen LogP contribution is -2.40. The van der Waals surface area contributed by atoms with Gasteiger partial charge in [-0.05, 0) is 26.0 Å². The van der Waals surface area contributed by atoms with Crippen molar-refractivity contribution in [1.29, 1.82) is 0 Å². The largest absolute Gasteiger partial charge is 0.466 e. The molecule has 0 fully saturated rings. The van der Waals surface area contributed by atoms with Crippen molar-refractivity contribution in [1.82, 2.24) is 10.6 Å². The zero-order valence-corrected chi connectivity index (χ0v) is 16.3. The van der Waals surface area contributed by atoms with E-state index in [-0.39, 0.29) is 30.5 Å². The van der Waals surface area contributed by atoms with E-state index in [4.69, 9.17) is 13.9 Å². The number of rotatable bonds is 10. The molecular formula is C15H28IN3O4. The first kappa shape index (κ1) is 22.2. The van der Waals surface area contributed by atoms with Gasteiger partial charge in [0.2, 0.25) is 0 Å². The highest BCUT2D eigenvalue weighted by Crippen LogP contribution is 2.20. The van der Waals surface area contributed by atoms with Gasteiger partial charge in [0.05, 0.1) is 32.6 Å². The molecule has 0 aliphatic carbocycles. The number of hydrogen-bond acceptors (Lipinski definition) is 5. The van der Waals surface area contributed by atoms with Crippen molar-refractivity contribution in [3.8, 4) is 0 Å². The summed E-state index contributed by atoms with van der Waals surface area (Å²) in [6, 6.07) is 3.48. The Kier molecular flexibility index (Phi) is 12.1. The van der Waals surface area contributed by atoms with Crippen molar-refractivity contribution < 1.29 is 19.0 Å². The third-order valence-electron chi connectivity index (χ3n) is 2.91. The Hall–Kier alpha value is -0.840. The predicted molar refractivity (Wildman–Crippen MR) is 100 cm³/mol. The molecule has 23 heavy (non-hydrogen) atoms. The molecule has 8 heteroatoms. The number of guanidine groups is 1. The Morgan fingerprint density at radius 2 is 2.13 bits per heavy atom. The minimum absolute atomic E-state index is 0. The summed E-state index contributed by atoms with van der Waals surface area (Å²) in [4.78, 5) is 4.38. The van der Waals surface area contributed by atoms with Crippen molar-refractivity contribution in [2.24, 2.45) is 4.99 Å². The summed E-state index contributed by atoms with van der Waals surface area (Å²) in [5.41, 5.74) is -1.14. The molecule has 0 radical (unpaired) electrons. The Bertz CT molecular complexity index is 424. The molecule has 1 aromatic rings. The SMILES string of the molecule is CCNC(=NCC(C)(O)c1ccco1)NCCOCCOC.I. The molecule has 0 aliphatic heterocycles. The molecule has 1 heterocycles. The van der Waals surface area contributed by atoms with E-state index in [1.165, 1.54) is 6.26 Å². The number of nitrogens with zero attached hydrogens (tertiary/aromatic N) is 1. The van der Waals surface area contributed by atoms with E-state index in [1.807, 2.05) is 6.92 Å². The second-order valence-electron chi connectivity index (χ2n) is 4.98. The third kappa shape index (κ3) is 9.14. The second kappa shape index (κ2) is 12.6. The van der Waals surface area contributed by atoms with Gasteiger partial charge < -0.3 is 29.6 Å². The average molecular weight is 441 g/mol. The van der Waals surface area contributed by atoms with Crippen LogP contribution in [0.25, 0.3) is 0 Å². The van der Waals surface area contributed by atoms with Crippen molar-refractivity contribution in [2.45, 2.75) is 19.4 Å². The summed E-state index contributed by atoms with van der Waals surface area (Å²) in [7, 11) is 1.64. The lowest BCUT2D eigenvalue weighted by molar-refractivity contribution is 0.0436. The monoisotopic (exact) mass is 441 g/mol. The van der Waals surface area contributed by atoms with Crippen LogP contribution in [0.2, 0.25) is 0 Å². The molecule has 0 amide bonds. The molecule has 0 aromatic carbocycles. The molecule has 7 nitrogen and oxygen atoms in total. The summed E-state index contributed by atoms with van der Waals surface area (Å²) >= 11 is 0. The van der Waals surface area contributed by atoms with Crippen LogP contribution in [0.4, 0.5) is 0 Å². The van der Waals surface area contributed by atoms with Gasteiger partial charge in [-0.25, -0.2) is 4.99 Å². The van der Waals surface area contributed by atoms with E-state index in [2.05, 4.69) is 15.6 Å². The molecule has 0 saturated heterocycles. The molecule has 1 atom stereocenters. The summed E-state index contributed by atoms with van der Waals surface area (Å²) in [5, 5.41) is 16.6. The Labute approximate surface area is 154 Å². The summed E-state index contributed by atoms with van der Waals surface area (Å²) in [6.07, 6.45) is 1.54. The third-order valence-corrected chi connectivity index (χ3v) is 2.91. The van der Waals surface area contributed by atoms with E-state index in [9.17, 15) is 5.11 Å². The Morgan fingerprint density at radius 3 is 2.74 bits per heavy atom. The average Bonchev–Trinajstić information content (AvgIpc) is 3.03. The lowest BCUT2D eigenvalue weighted by atomic mass is 10.0. The zero-order chi connectivity index (χ0) is 16.3. The van der Waals surface area contributed by atoms with Crippen molar-refractivity contribution in [3.63, 3.8) is 0 Å². The molecule has 1 aromatic heterocycles. The number of furan rings is 1. The first-order chi connectivity index (χ1) is 10.6. The van der Waals surface area contributed by atoms with Crippen LogP contribution in [-0.2, 0) is 15.1 Å². The lowest BCUT2D eigenvalue weighted by Gasteiger charge is -2.19. The molecule has 0 aliphatic rings. The molecular weight excluding hydrogens is 413 g/mol. The number of aliphatic hydroxyl groups is 1. The maximum Gasteiger partial charge on any atom is 0.191 e. The zero-order valence-electron chi connectivity index (χ0n) is 14.0. The fraction of sp³-hybridized carbons (Fsp3) is 0.667. The van der Waals surface area contributed by atoms with Crippen molar-refractivity contribution in [2.75, 3.05) is 46.6 Å². The number of halogens is 1. The van der Waals surface area contributed by atoms with Gasteiger partial charge in [0, 0.05) is 20.2 Å². The molecule has 0 saturated carbocycles. The topological polar surface area (TPSA) is 88.3 Å². The van der Waals surface area contributed by atoms with Crippen LogP contribution < -0.4 is 10.6 Å². The van der Waals surface area contributed by atoms with Crippen LogP contribution in [0.15, 0.2) is 27.8 Å².